The van der Waals surface area contributed by atoms with Crippen molar-refractivity contribution >= 4 is 32.4 Å². The van der Waals surface area contributed by atoms with Gasteiger partial charge in [0, 0.05) is 18.8 Å². The first-order valence-corrected chi connectivity index (χ1v) is 7.10. The molecular weight excluding hydrogens is 246 g/mol. The number of anilines is 2. The van der Waals surface area contributed by atoms with Crippen molar-refractivity contribution in [3.63, 3.8) is 0 Å². The van der Waals surface area contributed by atoms with Crippen LogP contribution in [0.4, 0.5) is 10.8 Å². The highest BCUT2D eigenvalue weighted by Gasteiger charge is 2.14. The van der Waals surface area contributed by atoms with Gasteiger partial charge in [-0.25, -0.2) is 4.98 Å². The lowest BCUT2D eigenvalue weighted by atomic mass is 10.0. The van der Waals surface area contributed by atoms with Crippen LogP contribution in [0.3, 0.4) is 0 Å². The maximum absolute atomic E-state index is 5.77. The fourth-order valence-electron chi connectivity index (χ4n) is 2.22. The standard InChI is InChI=1S/C13H17N3OS/c14-10-3-4-11-12(6-10)18-13(16-11)15-7-9-2-1-5-17-8-9/h3-4,6,9H,1-2,5,7-8,14H2,(H,15,16). The second-order valence-electron chi connectivity index (χ2n) is 4.71. The third-order valence-electron chi connectivity index (χ3n) is 3.21. The Kier molecular flexibility index (Phi) is 3.34. The Morgan fingerprint density at radius 1 is 1.50 bits per heavy atom. The van der Waals surface area contributed by atoms with E-state index in [2.05, 4.69) is 10.3 Å². The van der Waals surface area contributed by atoms with Crippen molar-refractivity contribution in [1.82, 2.24) is 4.98 Å². The summed E-state index contributed by atoms with van der Waals surface area (Å²) in [4.78, 5) is 4.55. The predicted octanol–water partition coefficient (Wildman–Crippen LogP) is 2.72. The maximum atomic E-state index is 5.77. The van der Waals surface area contributed by atoms with Gasteiger partial charge in [-0.3, -0.25) is 0 Å². The van der Waals surface area contributed by atoms with Gasteiger partial charge in [-0.05, 0) is 37.0 Å². The molecule has 18 heavy (non-hydrogen) atoms. The third kappa shape index (κ3) is 2.57. The van der Waals surface area contributed by atoms with E-state index in [0.717, 1.165) is 40.8 Å². The third-order valence-corrected chi connectivity index (χ3v) is 4.18. The molecule has 0 aliphatic carbocycles. The second kappa shape index (κ2) is 5.12. The lowest BCUT2D eigenvalue weighted by Gasteiger charge is -2.21. The molecule has 4 nitrogen and oxygen atoms in total. The lowest BCUT2D eigenvalue weighted by molar-refractivity contribution is 0.0595. The van der Waals surface area contributed by atoms with Gasteiger partial charge in [0.15, 0.2) is 5.13 Å². The molecule has 3 rings (SSSR count). The summed E-state index contributed by atoms with van der Waals surface area (Å²) in [5, 5.41) is 4.38. The molecule has 1 fully saturated rings. The Morgan fingerprint density at radius 3 is 3.28 bits per heavy atom. The van der Waals surface area contributed by atoms with Crippen LogP contribution in [-0.2, 0) is 4.74 Å². The van der Waals surface area contributed by atoms with Gasteiger partial charge in [0.25, 0.3) is 0 Å². The van der Waals surface area contributed by atoms with E-state index in [9.17, 15) is 0 Å². The summed E-state index contributed by atoms with van der Waals surface area (Å²) in [5.41, 5.74) is 7.57. The zero-order valence-electron chi connectivity index (χ0n) is 10.2. The van der Waals surface area contributed by atoms with E-state index in [4.69, 9.17) is 10.5 Å². The van der Waals surface area contributed by atoms with Crippen LogP contribution in [-0.4, -0.2) is 24.7 Å². The van der Waals surface area contributed by atoms with Gasteiger partial charge in [-0.2, -0.15) is 0 Å². The minimum absolute atomic E-state index is 0.607. The molecule has 1 unspecified atom stereocenters. The first-order chi connectivity index (χ1) is 8.81. The van der Waals surface area contributed by atoms with Crippen molar-refractivity contribution in [3.05, 3.63) is 18.2 Å². The molecule has 1 aromatic heterocycles. The minimum atomic E-state index is 0.607. The van der Waals surface area contributed by atoms with Crippen LogP contribution >= 0.6 is 11.3 Å². The highest BCUT2D eigenvalue weighted by Crippen LogP contribution is 2.27. The monoisotopic (exact) mass is 263 g/mol. The number of nitrogen functional groups attached to an aromatic ring is 1. The topological polar surface area (TPSA) is 60.2 Å². The number of hydrogen-bond donors (Lipinski definition) is 2. The van der Waals surface area contributed by atoms with Gasteiger partial charge in [0.1, 0.15) is 0 Å². The fraction of sp³-hybridized carbons (Fsp3) is 0.462. The lowest BCUT2D eigenvalue weighted by Crippen LogP contribution is -2.24. The van der Waals surface area contributed by atoms with Gasteiger partial charge < -0.3 is 15.8 Å². The van der Waals surface area contributed by atoms with E-state index in [-0.39, 0.29) is 0 Å². The molecule has 1 aliphatic rings. The van der Waals surface area contributed by atoms with Crippen LogP contribution in [0.25, 0.3) is 10.2 Å². The number of thiazole rings is 1. The largest absolute Gasteiger partial charge is 0.399 e. The van der Waals surface area contributed by atoms with Crippen LogP contribution in [0.1, 0.15) is 12.8 Å². The molecule has 96 valence electrons. The number of hydrogen-bond acceptors (Lipinski definition) is 5. The Bertz CT molecular complexity index is 534. The molecule has 1 aromatic carbocycles. The Morgan fingerprint density at radius 2 is 2.44 bits per heavy atom. The SMILES string of the molecule is Nc1ccc2nc(NCC3CCCOC3)sc2c1. The van der Waals surface area contributed by atoms with Crippen LogP contribution in [0.5, 0.6) is 0 Å². The molecule has 0 saturated carbocycles. The van der Waals surface area contributed by atoms with Crippen molar-refractivity contribution in [2.24, 2.45) is 5.92 Å². The molecule has 1 saturated heterocycles. The number of nitrogens with zero attached hydrogens (tertiary/aromatic N) is 1. The highest BCUT2D eigenvalue weighted by molar-refractivity contribution is 7.22. The highest BCUT2D eigenvalue weighted by atomic mass is 32.1. The van der Waals surface area contributed by atoms with Crippen molar-refractivity contribution in [2.45, 2.75) is 12.8 Å². The predicted molar refractivity (Wildman–Crippen MR) is 76.1 cm³/mol. The molecule has 0 bridgehead atoms. The number of nitrogens with one attached hydrogen (secondary N) is 1. The van der Waals surface area contributed by atoms with E-state index >= 15 is 0 Å². The summed E-state index contributed by atoms with van der Waals surface area (Å²) in [6, 6.07) is 5.83. The maximum Gasteiger partial charge on any atom is 0.183 e. The molecule has 0 spiro atoms. The normalized spacial score (nSPS) is 20.1. The molecule has 5 heteroatoms. The molecule has 0 radical (unpaired) electrons. The number of aromatic nitrogens is 1. The first-order valence-electron chi connectivity index (χ1n) is 6.29. The van der Waals surface area contributed by atoms with Crippen LogP contribution in [0.2, 0.25) is 0 Å². The molecule has 1 aliphatic heterocycles. The molecule has 2 aromatic rings. The van der Waals surface area contributed by atoms with Crippen LogP contribution in [0, 0.1) is 5.92 Å². The Labute approximate surface area is 110 Å². The van der Waals surface area contributed by atoms with Gasteiger partial charge in [0.05, 0.1) is 16.8 Å². The zero-order valence-corrected chi connectivity index (χ0v) is 11.0. The van der Waals surface area contributed by atoms with Gasteiger partial charge >= 0.3 is 0 Å². The number of rotatable bonds is 3. The Balaban J connectivity index is 1.67. The smallest absolute Gasteiger partial charge is 0.183 e. The zero-order chi connectivity index (χ0) is 12.4. The number of ether oxygens (including phenoxy) is 1. The van der Waals surface area contributed by atoms with E-state index < -0.39 is 0 Å². The van der Waals surface area contributed by atoms with Crippen molar-refractivity contribution in [2.75, 3.05) is 30.8 Å². The summed E-state index contributed by atoms with van der Waals surface area (Å²) in [7, 11) is 0. The number of benzene rings is 1. The molecule has 1 atom stereocenters. The van der Waals surface area contributed by atoms with E-state index in [1.54, 1.807) is 11.3 Å². The summed E-state index contributed by atoms with van der Waals surface area (Å²) in [6.07, 6.45) is 2.41. The summed E-state index contributed by atoms with van der Waals surface area (Å²) in [5.74, 6) is 0.607. The van der Waals surface area contributed by atoms with E-state index in [0.29, 0.717) is 5.92 Å². The molecule has 0 amide bonds. The van der Waals surface area contributed by atoms with Crippen LogP contribution in [0.15, 0.2) is 18.2 Å². The van der Waals surface area contributed by atoms with Crippen LogP contribution < -0.4 is 11.1 Å². The molecular formula is C13H17N3OS. The quantitative estimate of drug-likeness (QED) is 0.836. The summed E-state index contributed by atoms with van der Waals surface area (Å²) in [6.45, 7) is 2.72. The van der Waals surface area contributed by atoms with E-state index in [1.807, 2.05) is 18.2 Å². The Hall–Kier alpha value is -1.33. The van der Waals surface area contributed by atoms with Gasteiger partial charge in [0.2, 0.25) is 0 Å². The minimum Gasteiger partial charge on any atom is -0.399 e. The first kappa shape index (κ1) is 11.7. The summed E-state index contributed by atoms with van der Waals surface area (Å²) >= 11 is 1.66. The van der Waals surface area contributed by atoms with Crippen molar-refractivity contribution in [1.29, 1.82) is 0 Å². The van der Waals surface area contributed by atoms with E-state index in [1.165, 1.54) is 12.8 Å². The second-order valence-corrected chi connectivity index (χ2v) is 5.74. The molecule has 2 heterocycles. The number of fused-ring (bicyclic) bond motifs is 1. The van der Waals surface area contributed by atoms with Gasteiger partial charge in [-0.15, -0.1) is 0 Å². The van der Waals surface area contributed by atoms with Crippen molar-refractivity contribution in [3.8, 4) is 0 Å². The number of nitrogens with two attached hydrogens (primary N) is 1. The average molecular weight is 263 g/mol. The fourth-order valence-corrected chi connectivity index (χ4v) is 3.14. The van der Waals surface area contributed by atoms with Crippen molar-refractivity contribution < 1.29 is 4.74 Å². The van der Waals surface area contributed by atoms with Gasteiger partial charge in [-0.1, -0.05) is 11.3 Å². The molecule has 3 N–H and O–H groups in total. The summed E-state index contributed by atoms with van der Waals surface area (Å²) < 4.78 is 6.61. The average Bonchev–Trinajstić information content (AvgIpc) is 2.79.